The average Bonchev–Trinajstić information content (AvgIpc) is 1.55. The monoisotopic (exact) mass is 966 g/mol. The van der Waals surface area contributed by atoms with Crippen LogP contribution in [0, 0.1) is 0 Å². The Balaban J connectivity index is 1.10. The summed E-state index contributed by atoms with van der Waals surface area (Å²) in [6, 6.07) is 72.5. The molecular weight excluding hydrogens is 937 g/mol. The lowest BCUT2D eigenvalue weighted by Gasteiger charge is -2.33. The summed E-state index contributed by atoms with van der Waals surface area (Å²) in [5.74, 6) is 0. The molecule has 0 atom stereocenters. The Bertz CT molecular complexity index is 6050. The van der Waals surface area contributed by atoms with Crippen LogP contribution in [0.2, 0.25) is 0 Å². The van der Waals surface area contributed by atoms with Crippen molar-refractivity contribution in [3.63, 3.8) is 0 Å². The fourth-order valence-corrected chi connectivity index (χ4v) is 19.3. The maximum absolute atomic E-state index is 2.55. The lowest BCUT2D eigenvalue weighted by molar-refractivity contribution is 1.78. The van der Waals surface area contributed by atoms with Crippen molar-refractivity contribution < 1.29 is 0 Å². The van der Waals surface area contributed by atoms with Gasteiger partial charge in [0.2, 0.25) is 0 Å². The van der Waals surface area contributed by atoms with Crippen LogP contribution in [0.4, 0.5) is 0 Å². The zero-order chi connectivity index (χ0) is 48.9. The Morgan fingerprint density at radius 2 is 0.321 bits per heavy atom. The highest BCUT2D eigenvalue weighted by Crippen LogP contribution is 2.69. The van der Waals surface area contributed by atoms with Crippen LogP contribution in [0.5, 0.6) is 0 Å². The summed E-state index contributed by atoms with van der Waals surface area (Å²) in [4.78, 5) is 0. The van der Waals surface area contributed by atoms with Gasteiger partial charge in [-0.2, -0.15) is 0 Å². The van der Waals surface area contributed by atoms with Gasteiger partial charge in [-0.25, -0.2) is 0 Å². The molecular formula is C78H30. The summed E-state index contributed by atoms with van der Waals surface area (Å²) in [5, 5.41) is 50.8. The number of rotatable bonds is 0. The molecule has 0 bridgehead atoms. The lowest BCUT2D eigenvalue weighted by Crippen LogP contribution is -2.04. The second-order valence-electron chi connectivity index (χ2n) is 24.1. The van der Waals surface area contributed by atoms with E-state index >= 15 is 0 Å². The zero-order valence-electron chi connectivity index (χ0n) is 41.3. The number of benzene rings is 22. The van der Waals surface area contributed by atoms with E-state index in [-0.39, 0.29) is 0 Å². The third-order valence-corrected chi connectivity index (χ3v) is 21.5. The minimum absolute atomic E-state index is 1.32. The van der Waals surface area contributed by atoms with Crippen molar-refractivity contribution in [1.29, 1.82) is 0 Å². The van der Waals surface area contributed by atoms with Crippen LogP contribution in [0.1, 0.15) is 0 Å². The summed E-state index contributed by atoms with van der Waals surface area (Å²) >= 11 is 0. The van der Waals surface area contributed by atoms with Gasteiger partial charge in [-0.15, -0.1) is 0 Å². The highest BCUT2D eigenvalue weighted by Gasteiger charge is 2.40. The van der Waals surface area contributed by atoms with Gasteiger partial charge < -0.3 is 0 Å². The van der Waals surface area contributed by atoms with Crippen molar-refractivity contribution in [3.8, 4) is 66.8 Å². The average molecular weight is 967 g/mol. The second kappa shape index (κ2) is 10.8. The molecule has 22 aromatic carbocycles. The Morgan fingerprint density at radius 3 is 0.603 bits per heavy atom. The van der Waals surface area contributed by atoms with Gasteiger partial charge >= 0.3 is 0 Å². The maximum Gasteiger partial charge on any atom is -0.00000151 e. The standard InChI is InChI=1S/C78H30/c1-7-31-10-4-16-40-49(31)37(13-1)55-43-25-19-34-23-29-47-62-52(34)58(43)70-67(64(40)55)46-28-22-35-20-26-44-56-38-14-2-9-33-12-6-18-42(51(33)38)66(56)69-48-30-24-36-21-27-45-57-39-15-3-8-32-11-5-17-41(50(32)39)65(57)68(47)72-60(45)54(36)63(48)75-77-71(69)59(44)53(35)61(46)73(77)76(70)74(62)78(72)75/h1-30H. The van der Waals surface area contributed by atoms with Gasteiger partial charge in [-0.05, 0) is 261 Å². The molecule has 0 aromatic heterocycles. The van der Waals surface area contributed by atoms with Gasteiger partial charge in [0.25, 0.3) is 0 Å². The van der Waals surface area contributed by atoms with Gasteiger partial charge in [0.1, 0.15) is 0 Å². The quantitative estimate of drug-likeness (QED) is 0.105. The molecule has 78 heavy (non-hydrogen) atoms. The first-order valence-electron chi connectivity index (χ1n) is 27.9. The van der Waals surface area contributed by atoms with Crippen molar-refractivity contribution in [2.75, 3.05) is 0 Å². The minimum atomic E-state index is 1.32. The van der Waals surface area contributed by atoms with Crippen molar-refractivity contribution in [3.05, 3.63) is 182 Å². The summed E-state index contributed by atoms with van der Waals surface area (Å²) < 4.78 is 0. The van der Waals surface area contributed by atoms with Gasteiger partial charge in [0, 0.05) is 0 Å². The van der Waals surface area contributed by atoms with Crippen LogP contribution in [0.15, 0.2) is 182 Å². The van der Waals surface area contributed by atoms with E-state index in [1.165, 1.54) is 261 Å². The molecule has 0 heteroatoms. The molecule has 0 saturated heterocycles. The molecule has 3 aliphatic carbocycles. The largest absolute Gasteiger partial charge is 0.0610 e. The van der Waals surface area contributed by atoms with Gasteiger partial charge in [0.05, 0.1) is 0 Å². The van der Waals surface area contributed by atoms with E-state index in [0.717, 1.165) is 0 Å². The molecule has 0 N–H and O–H groups in total. The van der Waals surface area contributed by atoms with Crippen molar-refractivity contribution >= 4 is 194 Å². The molecule has 0 heterocycles. The first kappa shape index (κ1) is 35.9. The summed E-state index contributed by atoms with van der Waals surface area (Å²) in [7, 11) is 0. The first-order chi connectivity index (χ1) is 38.8. The van der Waals surface area contributed by atoms with Crippen LogP contribution in [0.3, 0.4) is 0 Å². The van der Waals surface area contributed by atoms with E-state index in [1.54, 1.807) is 0 Å². The Kier molecular flexibility index (Phi) is 4.98. The van der Waals surface area contributed by atoms with Gasteiger partial charge in [-0.3, -0.25) is 0 Å². The van der Waals surface area contributed by atoms with E-state index in [1.807, 2.05) is 0 Å². The van der Waals surface area contributed by atoms with Crippen LogP contribution >= 0.6 is 0 Å². The molecule has 0 spiro atoms. The van der Waals surface area contributed by atoms with Crippen LogP contribution < -0.4 is 0 Å². The SMILES string of the molecule is c1cc2c3c(cccc3c1)-c1c-2c2ccc3ccc4c5c6c(c7ccc8ccc9c%10c%11c(c%12ccc%13ccc%14c1c1c2c3c4c2c1c1c%14c%13c%12c%10c1c1c9c8c7c5c21)-c1cccc2cccc-%11c12)-c1cccc2cccc-6c12. The highest BCUT2D eigenvalue weighted by atomic mass is 14.4. The van der Waals surface area contributed by atoms with Crippen molar-refractivity contribution in [1.82, 2.24) is 0 Å². The van der Waals surface area contributed by atoms with Gasteiger partial charge in [-0.1, -0.05) is 182 Å². The molecule has 0 aliphatic heterocycles. The fraction of sp³-hybridized carbons (Fsp3) is 0. The Labute approximate surface area is 440 Å². The molecule has 0 unspecified atom stereocenters. The molecule has 0 nitrogen and oxygen atoms in total. The molecule has 3 aliphatic rings. The van der Waals surface area contributed by atoms with Crippen LogP contribution in [0.25, 0.3) is 261 Å². The van der Waals surface area contributed by atoms with Crippen LogP contribution in [-0.2, 0) is 0 Å². The van der Waals surface area contributed by atoms with Crippen molar-refractivity contribution in [2.24, 2.45) is 0 Å². The maximum atomic E-state index is 2.55. The Morgan fingerprint density at radius 1 is 0.115 bits per heavy atom. The van der Waals surface area contributed by atoms with E-state index < -0.39 is 0 Å². The number of fused-ring (bicyclic) bond motifs is 18. The number of hydrogen-bond donors (Lipinski definition) is 0. The van der Waals surface area contributed by atoms with E-state index in [4.69, 9.17) is 0 Å². The minimum Gasteiger partial charge on any atom is -0.0610 e. The molecule has 342 valence electrons. The highest BCUT2D eigenvalue weighted by molar-refractivity contribution is 6.66. The summed E-state index contributed by atoms with van der Waals surface area (Å²) in [5.41, 5.74) is 16.7. The summed E-state index contributed by atoms with van der Waals surface area (Å²) in [6.07, 6.45) is 0. The van der Waals surface area contributed by atoms with E-state index in [0.29, 0.717) is 0 Å². The Hall–Kier alpha value is -10.1. The van der Waals surface area contributed by atoms with Gasteiger partial charge in [0.15, 0.2) is 0 Å². The lowest BCUT2D eigenvalue weighted by atomic mass is 9.69. The third kappa shape index (κ3) is 3.17. The first-order valence-corrected chi connectivity index (χ1v) is 27.9. The summed E-state index contributed by atoms with van der Waals surface area (Å²) in [6.45, 7) is 0. The third-order valence-electron chi connectivity index (χ3n) is 21.5. The predicted octanol–water partition coefficient (Wildman–Crippen LogP) is 22.3. The number of hydrogen-bond acceptors (Lipinski definition) is 0. The molecule has 0 amide bonds. The predicted molar refractivity (Wildman–Crippen MR) is 336 cm³/mol. The fourth-order valence-electron chi connectivity index (χ4n) is 19.3. The molecule has 0 fully saturated rings. The molecule has 0 radical (unpaired) electrons. The van der Waals surface area contributed by atoms with Crippen molar-refractivity contribution in [2.45, 2.75) is 0 Å². The topological polar surface area (TPSA) is 0 Å². The molecule has 22 aromatic rings. The zero-order valence-corrected chi connectivity index (χ0v) is 41.3. The normalized spacial score (nSPS) is 14.2. The molecule has 0 saturated carbocycles. The molecule has 25 rings (SSSR count). The van der Waals surface area contributed by atoms with E-state index in [2.05, 4.69) is 182 Å². The van der Waals surface area contributed by atoms with E-state index in [9.17, 15) is 0 Å². The van der Waals surface area contributed by atoms with Crippen LogP contribution in [-0.4, -0.2) is 0 Å². The smallest absolute Gasteiger partial charge is 0.00000151 e. The second-order valence-corrected chi connectivity index (χ2v) is 24.1.